The van der Waals surface area contributed by atoms with Gasteiger partial charge in [-0.2, -0.15) is 5.26 Å². The van der Waals surface area contributed by atoms with Crippen LogP contribution in [0.25, 0.3) is 72.1 Å². The molecule has 8 aromatic rings. The maximum Gasteiger partial charge on any atom is 0.138 e. The lowest BCUT2D eigenvalue weighted by atomic mass is 9.91. The zero-order valence-electron chi connectivity index (χ0n) is 23.1. The van der Waals surface area contributed by atoms with E-state index in [1.165, 1.54) is 16.3 Å². The second-order valence-corrected chi connectivity index (χ2v) is 10.6. The smallest absolute Gasteiger partial charge is 0.138 e. The molecule has 0 aliphatic rings. The molecule has 0 fully saturated rings. The van der Waals surface area contributed by atoms with Crippen molar-refractivity contribution in [2.45, 2.75) is 0 Å². The molecule has 0 unspecified atom stereocenters. The highest BCUT2D eigenvalue weighted by Crippen LogP contribution is 2.38. The van der Waals surface area contributed by atoms with E-state index in [9.17, 15) is 5.26 Å². The third-order valence-corrected chi connectivity index (χ3v) is 8.11. The van der Waals surface area contributed by atoms with Crippen molar-refractivity contribution < 1.29 is 0 Å². The van der Waals surface area contributed by atoms with Crippen molar-refractivity contribution in [1.29, 1.82) is 5.26 Å². The van der Waals surface area contributed by atoms with Gasteiger partial charge in [0.1, 0.15) is 11.3 Å². The van der Waals surface area contributed by atoms with Gasteiger partial charge in [0, 0.05) is 18.0 Å². The average molecular weight is 549 g/mol. The Balaban J connectivity index is 1.26. The third kappa shape index (κ3) is 4.23. The largest absolute Gasteiger partial charge is 0.298 e. The molecule has 0 aliphatic heterocycles. The van der Waals surface area contributed by atoms with E-state index in [1.807, 2.05) is 48.7 Å². The summed E-state index contributed by atoms with van der Waals surface area (Å²) in [6.45, 7) is 0. The highest BCUT2D eigenvalue weighted by molar-refractivity contribution is 6.05. The number of nitriles is 1. The zero-order valence-corrected chi connectivity index (χ0v) is 23.1. The van der Waals surface area contributed by atoms with Crippen molar-refractivity contribution >= 4 is 27.2 Å². The molecule has 0 saturated heterocycles. The minimum atomic E-state index is 0.662. The number of rotatable bonds is 4. The number of imidazole rings is 1. The topological polar surface area (TPSA) is 54.0 Å². The second-order valence-electron chi connectivity index (χ2n) is 10.6. The Hall–Kier alpha value is -6.05. The van der Waals surface area contributed by atoms with Gasteiger partial charge in [0.05, 0.1) is 23.0 Å². The van der Waals surface area contributed by atoms with Crippen molar-refractivity contribution in [3.05, 3.63) is 151 Å². The number of pyridine rings is 2. The predicted octanol–water partition coefficient (Wildman–Crippen LogP) is 9.58. The molecule has 3 aromatic heterocycles. The highest BCUT2D eigenvalue weighted by Gasteiger charge is 2.18. The molecule has 5 aromatic carbocycles. The molecule has 43 heavy (non-hydrogen) atoms. The van der Waals surface area contributed by atoms with E-state index in [0.29, 0.717) is 5.56 Å². The fourth-order valence-electron chi connectivity index (χ4n) is 6.01. The van der Waals surface area contributed by atoms with Gasteiger partial charge >= 0.3 is 0 Å². The van der Waals surface area contributed by atoms with Gasteiger partial charge in [-0.3, -0.25) is 9.38 Å². The van der Waals surface area contributed by atoms with Crippen LogP contribution in [0.2, 0.25) is 0 Å². The molecule has 4 nitrogen and oxygen atoms in total. The van der Waals surface area contributed by atoms with Crippen molar-refractivity contribution in [3.8, 4) is 51.0 Å². The van der Waals surface area contributed by atoms with Crippen LogP contribution in [0.15, 0.2) is 146 Å². The SMILES string of the molecule is N#Cc1ccc(-c2ccc(-c3ccc(-c4c(-c5ccccn5)nc5cc6ccccc6cn45)cc3)c3ccccc23)cc1. The molecule has 200 valence electrons. The van der Waals surface area contributed by atoms with Gasteiger partial charge in [-0.05, 0) is 74.1 Å². The van der Waals surface area contributed by atoms with E-state index in [1.54, 1.807) is 0 Å². The first-order valence-corrected chi connectivity index (χ1v) is 14.2. The molecule has 0 saturated carbocycles. The molecule has 8 rings (SSSR count). The molecule has 0 aliphatic carbocycles. The molecule has 3 heterocycles. The second kappa shape index (κ2) is 10.1. The highest BCUT2D eigenvalue weighted by atomic mass is 15.0. The first-order chi connectivity index (χ1) is 21.3. The third-order valence-electron chi connectivity index (χ3n) is 8.11. The van der Waals surface area contributed by atoms with Gasteiger partial charge < -0.3 is 0 Å². The number of hydrogen-bond donors (Lipinski definition) is 0. The summed E-state index contributed by atoms with van der Waals surface area (Å²) in [7, 11) is 0. The van der Waals surface area contributed by atoms with Crippen LogP contribution < -0.4 is 0 Å². The Bertz CT molecular complexity index is 2330. The van der Waals surface area contributed by atoms with E-state index < -0.39 is 0 Å². The lowest BCUT2D eigenvalue weighted by molar-refractivity contribution is 1.21. The molecule has 4 heteroatoms. The van der Waals surface area contributed by atoms with E-state index in [-0.39, 0.29) is 0 Å². The molecule has 0 spiro atoms. The molecular weight excluding hydrogens is 524 g/mol. The summed E-state index contributed by atoms with van der Waals surface area (Å²) in [4.78, 5) is 9.71. The predicted molar refractivity (Wildman–Crippen MR) is 174 cm³/mol. The van der Waals surface area contributed by atoms with Crippen molar-refractivity contribution in [2.75, 3.05) is 0 Å². The van der Waals surface area contributed by atoms with Crippen LogP contribution in [0.1, 0.15) is 5.56 Å². The number of aromatic nitrogens is 3. The van der Waals surface area contributed by atoms with Gasteiger partial charge in [0.15, 0.2) is 0 Å². The molecule has 0 bridgehead atoms. The molecule has 0 radical (unpaired) electrons. The quantitative estimate of drug-likeness (QED) is 0.220. The summed E-state index contributed by atoms with van der Waals surface area (Å²) < 4.78 is 2.18. The molecular formula is C39H24N4. The van der Waals surface area contributed by atoms with Crippen LogP contribution in [0.4, 0.5) is 0 Å². The molecule has 0 N–H and O–H groups in total. The number of hydrogen-bond acceptors (Lipinski definition) is 3. The Morgan fingerprint density at radius 1 is 0.581 bits per heavy atom. The Morgan fingerprint density at radius 2 is 1.19 bits per heavy atom. The first-order valence-electron chi connectivity index (χ1n) is 14.2. The Kier molecular flexibility index (Phi) is 5.80. The number of benzene rings is 5. The van der Waals surface area contributed by atoms with Gasteiger partial charge in [0.25, 0.3) is 0 Å². The summed E-state index contributed by atoms with van der Waals surface area (Å²) in [5, 5.41) is 13.9. The van der Waals surface area contributed by atoms with E-state index in [4.69, 9.17) is 4.98 Å². The van der Waals surface area contributed by atoms with Crippen LogP contribution >= 0.6 is 0 Å². The minimum absolute atomic E-state index is 0.662. The van der Waals surface area contributed by atoms with Crippen LogP contribution in [-0.2, 0) is 0 Å². The minimum Gasteiger partial charge on any atom is -0.298 e. The van der Waals surface area contributed by atoms with Crippen LogP contribution in [-0.4, -0.2) is 14.4 Å². The lowest BCUT2D eigenvalue weighted by Crippen LogP contribution is -1.92. The van der Waals surface area contributed by atoms with E-state index >= 15 is 0 Å². The molecule has 0 atom stereocenters. The lowest BCUT2D eigenvalue weighted by Gasteiger charge is -2.13. The van der Waals surface area contributed by atoms with Gasteiger partial charge in [-0.15, -0.1) is 0 Å². The summed E-state index contributed by atoms with van der Waals surface area (Å²) in [6.07, 6.45) is 3.98. The average Bonchev–Trinajstić information content (AvgIpc) is 3.45. The van der Waals surface area contributed by atoms with E-state index in [2.05, 4.69) is 113 Å². The normalized spacial score (nSPS) is 11.2. The fourth-order valence-corrected chi connectivity index (χ4v) is 6.01. The van der Waals surface area contributed by atoms with Gasteiger partial charge in [-0.1, -0.05) is 103 Å². The Labute approximate surface area is 248 Å². The maximum absolute atomic E-state index is 9.22. The fraction of sp³-hybridized carbons (Fsp3) is 0. The van der Waals surface area contributed by atoms with Crippen LogP contribution in [0, 0.1) is 11.3 Å². The van der Waals surface area contributed by atoms with Crippen LogP contribution in [0.3, 0.4) is 0 Å². The Morgan fingerprint density at radius 3 is 1.84 bits per heavy atom. The summed E-state index contributed by atoms with van der Waals surface area (Å²) in [5.41, 5.74) is 9.92. The van der Waals surface area contributed by atoms with Crippen molar-refractivity contribution in [1.82, 2.24) is 14.4 Å². The summed E-state index contributed by atoms with van der Waals surface area (Å²) in [6, 6.07) is 48.1. The van der Waals surface area contributed by atoms with Crippen molar-refractivity contribution in [3.63, 3.8) is 0 Å². The first kappa shape index (κ1) is 24.7. The zero-order chi connectivity index (χ0) is 28.8. The van der Waals surface area contributed by atoms with E-state index in [0.717, 1.165) is 55.8 Å². The number of nitrogens with zero attached hydrogens (tertiary/aromatic N) is 4. The van der Waals surface area contributed by atoms with Crippen LogP contribution in [0.5, 0.6) is 0 Å². The van der Waals surface area contributed by atoms with Crippen molar-refractivity contribution in [2.24, 2.45) is 0 Å². The monoisotopic (exact) mass is 548 g/mol. The number of fused-ring (bicyclic) bond motifs is 3. The standard InChI is InChI=1S/C39H24N4/c40-24-26-12-14-27(15-13-26)32-20-21-33(35-10-4-3-9-34(32)35)28-16-18-29(19-17-28)39-38(36-11-5-6-22-41-36)42-37-23-30-7-1-2-8-31(30)25-43(37)39/h1-23,25H. The summed E-state index contributed by atoms with van der Waals surface area (Å²) in [5.74, 6) is 0. The van der Waals surface area contributed by atoms with Gasteiger partial charge in [-0.25, -0.2) is 4.98 Å². The summed E-state index contributed by atoms with van der Waals surface area (Å²) >= 11 is 0. The molecule has 0 amide bonds. The maximum atomic E-state index is 9.22. The van der Waals surface area contributed by atoms with Gasteiger partial charge in [0.2, 0.25) is 0 Å².